The molecule has 4 rings (SSSR count). The second kappa shape index (κ2) is 6.83. The molecule has 1 aromatic carbocycles. The van der Waals surface area contributed by atoms with Gasteiger partial charge in [-0.25, -0.2) is 14.8 Å². The number of guanidine groups is 2. The van der Waals surface area contributed by atoms with Gasteiger partial charge >= 0.3 is 5.97 Å². The van der Waals surface area contributed by atoms with Crippen molar-refractivity contribution in [3.63, 3.8) is 0 Å². The number of nitrogens with two attached hydrogens (primary N) is 2. The van der Waals surface area contributed by atoms with Crippen LogP contribution in [0.3, 0.4) is 0 Å². The van der Waals surface area contributed by atoms with Crippen molar-refractivity contribution in [3.05, 3.63) is 35.9 Å². The van der Waals surface area contributed by atoms with E-state index in [2.05, 4.69) is 9.98 Å². The molecular formula is C19H26N6O5. The lowest BCUT2D eigenvalue weighted by Gasteiger charge is -2.53. The third-order valence-corrected chi connectivity index (χ3v) is 6.46. The van der Waals surface area contributed by atoms with E-state index in [9.17, 15) is 20.2 Å². The molecule has 30 heavy (non-hydrogen) atoms. The van der Waals surface area contributed by atoms with Gasteiger partial charge in [0.25, 0.3) is 0 Å². The minimum absolute atomic E-state index is 0.0142. The van der Waals surface area contributed by atoms with Crippen LogP contribution in [0.15, 0.2) is 40.3 Å². The molecule has 0 amide bonds. The molecule has 3 aliphatic heterocycles. The number of hydrogen-bond acceptors (Lipinski definition) is 11. The van der Waals surface area contributed by atoms with Gasteiger partial charge in [-0.15, -0.1) is 0 Å². The smallest absolute Gasteiger partial charge is 0.338 e. The Morgan fingerprint density at radius 1 is 1.13 bits per heavy atom. The maximum atomic E-state index is 12.8. The molecule has 0 saturated carbocycles. The van der Waals surface area contributed by atoms with Crippen LogP contribution in [-0.4, -0.2) is 86.4 Å². The van der Waals surface area contributed by atoms with Crippen LogP contribution in [-0.2, 0) is 4.74 Å². The molecule has 0 bridgehead atoms. The summed E-state index contributed by atoms with van der Waals surface area (Å²) in [5.41, 5.74) is 10.1. The van der Waals surface area contributed by atoms with Crippen LogP contribution in [0, 0.1) is 5.41 Å². The maximum Gasteiger partial charge on any atom is 0.338 e. The monoisotopic (exact) mass is 418 g/mol. The number of aliphatic hydroxyl groups excluding tert-OH is 2. The predicted molar refractivity (Wildman–Crippen MR) is 106 cm³/mol. The van der Waals surface area contributed by atoms with Gasteiger partial charge in [0.2, 0.25) is 5.96 Å². The highest BCUT2D eigenvalue weighted by atomic mass is 16.6. The molecule has 0 radical (unpaired) electrons. The Labute approximate surface area is 173 Å². The van der Waals surface area contributed by atoms with Crippen molar-refractivity contribution in [2.75, 3.05) is 13.2 Å². The summed E-state index contributed by atoms with van der Waals surface area (Å²) in [5.74, 6) is -0.765. The van der Waals surface area contributed by atoms with Gasteiger partial charge in [-0.3, -0.25) is 5.21 Å². The molecule has 1 fully saturated rings. The molecule has 5 atom stereocenters. The molecule has 7 N–H and O–H groups in total. The topological polar surface area (TPSA) is 170 Å². The van der Waals surface area contributed by atoms with Gasteiger partial charge in [0.15, 0.2) is 11.6 Å². The fourth-order valence-corrected chi connectivity index (χ4v) is 5.18. The van der Waals surface area contributed by atoms with Crippen LogP contribution in [0.4, 0.5) is 0 Å². The van der Waals surface area contributed by atoms with E-state index in [4.69, 9.17) is 16.2 Å². The summed E-state index contributed by atoms with van der Waals surface area (Å²) in [6.45, 7) is 2.74. The van der Waals surface area contributed by atoms with Crippen LogP contribution in [0.1, 0.15) is 24.2 Å². The molecule has 3 heterocycles. The Kier molecular flexibility index (Phi) is 4.64. The molecule has 3 aliphatic rings. The summed E-state index contributed by atoms with van der Waals surface area (Å²) >= 11 is 0. The van der Waals surface area contributed by atoms with Crippen molar-refractivity contribution >= 4 is 17.9 Å². The number of carbonyl (C=O) groups excluding carboxylic acids is 1. The number of ether oxygens (including phenoxy) is 1. The van der Waals surface area contributed by atoms with E-state index in [1.165, 1.54) is 4.90 Å². The minimum Gasteiger partial charge on any atom is -0.456 e. The van der Waals surface area contributed by atoms with Gasteiger partial charge in [0.05, 0.1) is 30.2 Å². The number of carbonyl (C=O) groups is 1. The Balaban J connectivity index is 1.83. The Morgan fingerprint density at radius 2 is 1.80 bits per heavy atom. The van der Waals surface area contributed by atoms with Gasteiger partial charge < -0.3 is 31.3 Å². The number of nitrogens with zero attached hydrogens (tertiary/aromatic N) is 4. The first kappa shape index (κ1) is 20.4. The largest absolute Gasteiger partial charge is 0.456 e. The summed E-state index contributed by atoms with van der Waals surface area (Å²) in [5, 5.41) is 31.9. The number of rotatable bonds is 4. The number of aliphatic hydroxyl groups is 2. The van der Waals surface area contributed by atoms with Crippen molar-refractivity contribution < 1.29 is 25.0 Å². The van der Waals surface area contributed by atoms with E-state index >= 15 is 0 Å². The average Bonchev–Trinajstić information content (AvgIpc) is 3.12. The van der Waals surface area contributed by atoms with E-state index in [0.29, 0.717) is 5.56 Å². The summed E-state index contributed by atoms with van der Waals surface area (Å²) in [6.07, 6.45) is -0.903. The molecule has 1 spiro atoms. The fourth-order valence-electron chi connectivity index (χ4n) is 5.18. The first-order chi connectivity index (χ1) is 14.2. The van der Waals surface area contributed by atoms with Crippen molar-refractivity contribution in [1.82, 2.24) is 9.96 Å². The third-order valence-electron chi connectivity index (χ3n) is 6.46. The van der Waals surface area contributed by atoms with Crippen LogP contribution < -0.4 is 11.5 Å². The zero-order valence-electron chi connectivity index (χ0n) is 16.7. The van der Waals surface area contributed by atoms with Crippen molar-refractivity contribution in [2.24, 2.45) is 26.9 Å². The zero-order chi connectivity index (χ0) is 21.8. The quantitative estimate of drug-likeness (QED) is 0.372. The van der Waals surface area contributed by atoms with Crippen molar-refractivity contribution in [2.45, 2.75) is 43.7 Å². The molecule has 11 nitrogen and oxygen atoms in total. The SMILES string of the molecule is CC1(C)C(OC(=O)c2ccccc2)C(CO)N2C(N)=NC(CO)C3N=C(N)N(O)C321. The van der Waals surface area contributed by atoms with E-state index in [1.807, 2.05) is 0 Å². The molecule has 11 heteroatoms. The normalized spacial score (nSPS) is 34.2. The highest BCUT2D eigenvalue weighted by Gasteiger charge is 2.76. The molecular weight excluding hydrogens is 392 g/mol. The van der Waals surface area contributed by atoms with Gasteiger partial charge in [-0.1, -0.05) is 32.0 Å². The number of aliphatic imine (C=N–C) groups is 2. The Hall–Kier alpha value is -2.89. The predicted octanol–water partition coefficient (Wildman–Crippen LogP) is -1.31. The lowest BCUT2D eigenvalue weighted by Crippen LogP contribution is -2.74. The molecule has 162 valence electrons. The zero-order valence-corrected chi connectivity index (χ0v) is 16.7. The van der Waals surface area contributed by atoms with Crippen molar-refractivity contribution in [1.29, 1.82) is 0 Å². The molecule has 5 unspecified atom stereocenters. The van der Waals surface area contributed by atoms with Crippen LogP contribution in [0.5, 0.6) is 0 Å². The summed E-state index contributed by atoms with van der Waals surface area (Å²) < 4.78 is 5.87. The van der Waals surface area contributed by atoms with Crippen LogP contribution in [0.2, 0.25) is 0 Å². The van der Waals surface area contributed by atoms with Crippen LogP contribution >= 0.6 is 0 Å². The molecule has 1 aromatic rings. The summed E-state index contributed by atoms with van der Waals surface area (Å²) in [4.78, 5) is 23.0. The van der Waals surface area contributed by atoms with Crippen molar-refractivity contribution in [3.8, 4) is 0 Å². The van der Waals surface area contributed by atoms with E-state index in [0.717, 1.165) is 5.06 Å². The third kappa shape index (κ3) is 2.39. The Morgan fingerprint density at radius 3 is 2.40 bits per heavy atom. The van der Waals surface area contributed by atoms with Gasteiger partial charge in [-0.05, 0) is 12.1 Å². The second-order valence-corrected chi connectivity index (χ2v) is 8.24. The average molecular weight is 418 g/mol. The first-order valence-corrected chi connectivity index (χ1v) is 9.64. The summed E-state index contributed by atoms with van der Waals surface area (Å²) in [6, 6.07) is 6.08. The molecule has 0 aromatic heterocycles. The lowest BCUT2D eigenvalue weighted by atomic mass is 9.71. The maximum absolute atomic E-state index is 12.8. The highest BCUT2D eigenvalue weighted by molar-refractivity contribution is 5.90. The number of hydroxylamine groups is 2. The lowest BCUT2D eigenvalue weighted by molar-refractivity contribution is -0.198. The second-order valence-electron chi connectivity index (χ2n) is 8.24. The number of hydrogen-bond donors (Lipinski definition) is 5. The van der Waals surface area contributed by atoms with Gasteiger partial charge in [-0.2, -0.15) is 5.06 Å². The Bertz CT molecular complexity index is 906. The van der Waals surface area contributed by atoms with E-state index < -0.39 is 47.9 Å². The van der Waals surface area contributed by atoms with E-state index in [-0.39, 0.29) is 18.5 Å². The fraction of sp³-hybridized carbons (Fsp3) is 0.526. The van der Waals surface area contributed by atoms with Gasteiger partial charge in [0.1, 0.15) is 18.2 Å². The standard InChI is InChI=1S/C19H26N6O5/c1-18(2)14(30-15(28)10-6-4-3-5-7-10)12(9-27)24-16(20)22-11(8-26)13-19(18,24)25(29)17(21)23-13/h3-7,11-14,26-27,29H,8-9H2,1-2H3,(H2,20,22)(H2,21,23). The molecule has 1 saturated heterocycles. The van der Waals surface area contributed by atoms with Crippen LogP contribution in [0.25, 0.3) is 0 Å². The minimum atomic E-state index is -1.41. The highest BCUT2D eigenvalue weighted by Crippen LogP contribution is 2.57. The summed E-state index contributed by atoms with van der Waals surface area (Å²) in [7, 11) is 0. The first-order valence-electron chi connectivity index (χ1n) is 9.64. The molecule has 0 aliphatic carbocycles. The number of esters is 1. The van der Waals surface area contributed by atoms with Gasteiger partial charge in [0, 0.05) is 0 Å². The number of benzene rings is 1. The van der Waals surface area contributed by atoms with E-state index in [1.54, 1.807) is 44.2 Å².